The lowest BCUT2D eigenvalue weighted by atomic mass is 9.72. The van der Waals surface area contributed by atoms with E-state index in [1.807, 2.05) is 57.7 Å². The largest absolute Gasteiger partial charge is 0.392 e. The van der Waals surface area contributed by atoms with Gasteiger partial charge in [-0.15, -0.1) is 0 Å². The first-order valence-electron chi connectivity index (χ1n) is 4.22. The van der Waals surface area contributed by atoms with Gasteiger partial charge in [0.25, 0.3) is 0 Å². The van der Waals surface area contributed by atoms with Crippen molar-refractivity contribution in [2.75, 3.05) is 7.05 Å². The summed E-state index contributed by atoms with van der Waals surface area (Å²) >= 11 is 0. The van der Waals surface area contributed by atoms with Crippen LogP contribution in [0.4, 0.5) is 0 Å². The van der Waals surface area contributed by atoms with Crippen molar-refractivity contribution in [3.63, 3.8) is 0 Å². The molecule has 0 aromatic rings. The third-order valence-corrected chi connectivity index (χ3v) is 1.53. The smallest absolute Gasteiger partial charge is 0.234 e. The van der Waals surface area contributed by atoms with Gasteiger partial charge in [0.05, 0.1) is 0 Å². The summed E-state index contributed by atoms with van der Waals surface area (Å²) in [4.78, 5) is 0. The fourth-order valence-electron chi connectivity index (χ4n) is 0.719. The van der Waals surface area contributed by atoms with Crippen LogP contribution in [-0.4, -0.2) is 26.6 Å². The van der Waals surface area contributed by atoms with Crippen molar-refractivity contribution in [2.24, 2.45) is 0 Å². The Morgan fingerprint density at radius 2 is 2.00 bits per heavy atom. The lowest BCUT2D eigenvalue weighted by Gasteiger charge is -2.11. The van der Waals surface area contributed by atoms with Crippen LogP contribution in [0.2, 0.25) is 6.82 Å². The molecule has 0 spiro atoms. The van der Waals surface area contributed by atoms with Gasteiger partial charge in [-0.2, -0.15) is 0 Å². The second-order valence-electron chi connectivity index (χ2n) is 2.54. The zero-order valence-electron chi connectivity index (χ0n) is 8.40. The lowest BCUT2D eigenvalue weighted by molar-refractivity contribution is 0.856. The summed E-state index contributed by atoms with van der Waals surface area (Å²) in [7, 11) is 5.96. The van der Waals surface area contributed by atoms with Crippen molar-refractivity contribution in [2.45, 2.75) is 6.82 Å². The van der Waals surface area contributed by atoms with E-state index in [1.54, 1.807) is 6.08 Å². The predicted molar refractivity (Wildman–Crippen MR) is 62.8 cm³/mol. The van der Waals surface area contributed by atoms with Crippen molar-refractivity contribution in [1.29, 1.82) is 0 Å². The Bertz CT molecular complexity index is 219. The minimum absolute atomic E-state index is 1.07. The first kappa shape index (κ1) is 12.0. The van der Waals surface area contributed by atoms with Crippen LogP contribution >= 0.6 is 0 Å². The Labute approximate surface area is 83.0 Å². The van der Waals surface area contributed by atoms with Gasteiger partial charge in [0.1, 0.15) is 0 Å². The molecule has 66 valence electrons. The first-order valence-corrected chi connectivity index (χ1v) is 4.22. The number of nitrogens with zero attached hydrogens (tertiary/aromatic N) is 1. The average molecular weight is 171 g/mol. The van der Waals surface area contributed by atoms with E-state index >= 15 is 0 Å². The van der Waals surface area contributed by atoms with Gasteiger partial charge in [0, 0.05) is 0 Å². The summed E-state index contributed by atoms with van der Waals surface area (Å²) in [6.07, 6.45) is 9.35. The molecule has 0 rings (SSSR count). The Kier molecular flexibility index (Phi) is 7.12. The summed E-state index contributed by atoms with van der Waals surface area (Å²) in [5.74, 6) is 0. The van der Waals surface area contributed by atoms with E-state index in [0.717, 1.165) is 5.47 Å². The van der Waals surface area contributed by atoms with Crippen molar-refractivity contribution in [3.05, 3.63) is 49.0 Å². The second kappa shape index (κ2) is 7.69. The van der Waals surface area contributed by atoms with Crippen molar-refractivity contribution in [3.8, 4) is 0 Å². The highest BCUT2D eigenvalue weighted by Crippen LogP contribution is 1.96. The maximum Gasteiger partial charge on any atom is 0.234 e. The van der Waals surface area contributed by atoms with Gasteiger partial charge in [-0.25, -0.2) is 0 Å². The van der Waals surface area contributed by atoms with Crippen molar-refractivity contribution in [1.82, 2.24) is 4.72 Å². The maximum atomic E-state index is 3.73. The zero-order chi connectivity index (χ0) is 10.1. The van der Waals surface area contributed by atoms with Crippen LogP contribution in [0.25, 0.3) is 0 Å². The first-order chi connectivity index (χ1) is 6.24. The minimum Gasteiger partial charge on any atom is -0.392 e. The van der Waals surface area contributed by atoms with E-state index in [4.69, 9.17) is 0 Å². The summed E-state index contributed by atoms with van der Waals surface area (Å²) in [6, 6.07) is 0. The van der Waals surface area contributed by atoms with Crippen LogP contribution in [0.15, 0.2) is 49.0 Å². The summed E-state index contributed by atoms with van der Waals surface area (Å²) < 4.78 is 1.98. The molecule has 0 aromatic carbocycles. The molecule has 0 aliphatic heterocycles. The fraction of sp³-hybridized carbons (Fsp3) is 0.200. The third kappa shape index (κ3) is 6.23. The van der Waals surface area contributed by atoms with Crippen molar-refractivity contribution >= 4 is 14.8 Å². The van der Waals surface area contributed by atoms with Crippen LogP contribution in [0.3, 0.4) is 0 Å². The molecule has 2 radical (unpaired) electrons. The Balaban J connectivity index is 4.16. The highest BCUT2D eigenvalue weighted by molar-refractivity contribution is 6.55. The van der Waals surface area contributed by atoms with E-state index in [1.165, 1.54) is 0 Å². The number of allylic oxidation sites excluding steroid dienone is 6. The molecule has 0 saturated carbocycles. The minimum atomic E-state index is 1.07. The number of hydrogen-bond acceptors (Lipinski definition) is 1. The third-order valence-electron chi connectivity index (χ3n) is 1.53. The molecular weight excluding hydrogens is 156 g/mol. The molecule has 0 unspecified atom stereocenters. The monoisotopic (exact) mass is 171 g/mol. The van der Waals surface area contributed by atoms with Crippen LogP contribution in [-0.2, 0) is 0 Å². The molecule has 0 aliphatic carbocycles. The molecule has 0 N–H and O–H groups in total. The van der Waals surface area contributed by atoms with Gasteiger partial charge in [0.2, 0.25) is 7.41 Å². The Hall–Kier alpha value is -0.950. The van der Waals surface area contributed by atoms with Gasteiger partial charge < -0.3 is 4.72 Å². The van der Waals surface area contributed by atoms with E-state index in [-0.39, 0.29) is 0 Å². The molecule has 0 aromatic heterocycles. The molecule has 0 aliphatic rings. The lowest BCUT2D eigenvalue weighted by Crippen LogP contribution is -2.26. The highest BCUT2D eigenvalue weighted by atomic mass is 14.9. The Morgan fingerprint density at radius 3 is 2.46 bits per heavy atom. The van der Waals surface area contributed by atoms with Gasteiger partial charge in [-0.1, -0.05) is 55.8 Å². The van der Waals surface area contributed by atoms with Gasteiger partial charge in [-0.3, -0.25) is 0 Å². The van der Waals surface area contributed by atoms with Crippen LogP contribution in [0.1, 0.15) is 0 Å². The molecule has 0 saturated heterocycles. The van der Waals surface area contributed by atoms with Gasteiger partial charge >= 0.3 is 0 Å². The summed E-state index contributed by atoms with van der Waals surface area (Å²) in [5, 5.41) is 0. The topological polar surface area (TPSA) is 3.24 Å². The molecule has 13 heavy (non-hydrogen) atoms. The zero-order valence-corrected chi connectivity index (χ0v) is 8.40. The molecule has 0 atom stereocenters. The van der Waals surface area contributed by atoms with E-state index in [2.05, 4.69) is 13.2 Å². The molecular formula is C10H15B2N. The quantitative estimate of drug-likeness (QED) is 0.436. The maximum absolute atomic E-state index is 3.73. The summed E-state index contributed by atoms with van der Waals surface area (Å²) in [6.45, 7) is 9.30. The van der Waals surface area contributed by atoms with E-state index < -0.39 is 0 Å². The fourth-order valence-corrected chi connectivity index (χ4v) is 0.719. The van der Waals surface area contributed by atoms with E-state index in [9.17, 15) is 0 Å². The van der Waals surface area contributed by atoms with Crippen molar-refractivity contribution < 1.29 is 0 Å². The van der Waals surface area contributed by atoms with Crippen LogP contribution in [0.5, 0.6) is 0 Å². The molecule has 1 nitrogen and oxygen atoms in total. The van der Waals surface area contributed by atoms with E-state index in [0.29, 0.717) is 0 Å². The number of hydrogen-bond donors (Lipinski definition) is 0. The average Bonchev–Trinajstić information content (AvgIpc) is 2.16. The standard InChI is InChI=1S/C10H15B2N/c1-5-7-8-9-10(6-2)12-13(4)11-3/h5-9H,1-2H2,3-4H3/b8-7-,10-9+. The summed E-state index contributed by atoms with van der Waals surface area (Å²) in [5.41, 5.74) is 1.07. The van der Waals surface area contributed by atoms with Gasteiger partial charge in [-0.05, 0) is 7.05 Å². The normalized spacial score (nSPS) is 11.8. The molecule has 0 amide bonds. The van der Waals surface area contributed by atoms with Crippen LogP contribution in [0, 0.1) is 0 Å². The highest BCUT2D eigenvalue weighted by Gasteiger charge is 1.99. The van der Waals surface area contributed by atoms with Gasteiger partial charge in [0.15, 0.2) is 7.41 Å². The van der Waals surface area contributed by atoms with Crippen LogP contribution < -0.4 is 0 Å². The Morgan fingerprint density at radius 1 is 1.31 bits per heavy atom. The predicted octanol–water partition coefficient (Wildman–Crippen LogP) is 2.02. The number of rotatable bonds is 6. The SMILES string of the molecule is C=C/C=C\C=C(\[B]N(C)[B]C)C=C. The second-order valence-corrected chi connectivity index (χ2v) is 2.54. The molecule has 3 heteroatoms. The molecule has 0 fully saturated rings. The molecule has 0 heterocycles. The molecule has 0 bridgehead atoms.